The fraction of sp³-hybridized carbons (Fsp3) is 0.409. The van der Waals surface area contributed by atoms with Crippen molar-refractivity contribution in [2.75, 3.05) is 5.32 Å². The maximum atomic E-state index is 12.9. The highest BCUT2D eigenvalue weighted by molar-refractivity contribution is 5.70. The molecule has 0 bridgehead atoms. The van der Waals surface area contributed by atoms with Crippen LogP contribution in [0.2, 0.25) is 0 Å². The van der Waals surface area contributed by atoms with E-state index in [4.69, 9.17) is 0 Å². The van der Waals surface area contributed by atoms with Gasteiger partial charge in [-0.05, 0) is 49.1 Å². The molecule has 3 unspecified atom stereocenters. The number of anilines is 2. The lowest BCUT2D eigenvalue weighted by Gasteiger charge is -2.24. The summed E-state index contributed by atoms with van der Waals surface area (Å²) in [7, 11) is 0. The van der Waals surface area contributed by atoms with Crippen LogP contribution in [-0.4, -0.2) is 42.2 Å². The topological polar surface area (TPSA) is 96.1 Å². The Hall–Kier alpha value is -2.91. The summed E-state index contributed by atoms with van der Waals surface area (Å²) in [5.74, 6) is 0.0978. The molecule has 4 rings (SSSR count). The largest absolute Gasteiger partial charge is 0.390 e. The van der Waals surface area contributed by atoms with Crippen molar-refractivity contribution in [2.45, 2.75) is 57.3 Å². The zero-order chi connectivity index (χ0) is 22.0. The number of aromatic nitrogens is 4. The molecular weight excluding hydrogens is 404 g/mol. The molecule has 2 heterocycles. The Balaban J connectivity index is 1.58. The van der Waals surface area contributed by atoms with Gasteiger partial charge in [0.1, 0.15) is 11.8 Å². The van der Waals surface area contributed by atoms with E-state index in [1.165, 1.54) is 12.3 Å². The third kappa shape index (κ3) is 4.88. The molecule has 164 valence electrons. The van der Waals surface area contributed by atoms with Crippen molar-refractivity contribution in [3.8, 4) is 11.1 Å². The van der Waals surface area contributed by atoms with E-state index in [1.54, 1.807) is 10.9 Å². The van der Waals surface area contributed by atoms with E-state index in [0.29, 0.717) is 12.1 Å². The van der Waals surface area contributed by atoms with Gasteiger partial charge in [0.25, 0.3) is 6.43 Å². The Bertz CT molecular complexity index is 1040. The van der Waals surface area contributed by atoms with Crippen molar-refractivity contribution < 1.29 is 19.0 Å². The maximum absolute atomic E-state index is 12.9. The van der Waals surface area contributed by atoms with Gasteiger partial charge in [-0.2, -0.15) is 5.10 Å². The predicted molar refractivity (Wildman–Crippen MR) is 112 cm³/mol. The van der Waals surface area contributed by atoms with Crippen LogP contribution >= 0.6 is 0 Å². The lowest BCUT2D eigenvalue weighted by molar-refractivity contribution is -0.0135. The average Bonchev–Trinajstić information content (AvgIpc) is 3.16. The Morgan fingerprint density at radius 1 is 1.13 bits per heavy atom. The highest BCUT2D eigenvalue weighted by Gasteiger charge is 2.30. The quantitative estimate of drug-likeness (QED) is 0.527. The first-order chi connectivity index (χ1) is 14.9. The van der Waals surface area contributed by atoms with E-state index >= 15 is 0 Å². The molecule has 3 atom stereocenters. The van der Waals surface area contributed by atoms with Gasteiger partial charge in [-0.25, -0.2) is 18.7 Å². The van der Waals surface area contributed by atoms with Crippen LogP contribution in [0, 0.1) is 6.92 Å². The van der Waals surface area contributed by atoms with Gasteiger partial charge in [0.2, 0.25) is 5.95 Å². The number of nitrogens with one attached hydrogen (secondary N) is 1. The van der Waals surface area contributed by atoms with Crippen LogP contribution in [0.3, 0.4) is 0 Å². The third-order valence-electron chi connectivity index (χ3n) is 5.55. The summed E-state index contributed by atoms with van der Waals surface area (Å²) in [5.41, 5.74) is 3.01. The highest BCUT2D eigenvalue weighted by atomic mass is 19.3. The second-order valence-corrected chi connectivity index (χ2v) is 7.94. The molecule has 0 spiro atoms. The van der Waals surface area contributed by atoms with Gasteiger partial charge in [0.05, 0.1) is 18.3 Å². The molecule has 1 aliphatic carbocycles. The Morgan fingerprint density at radius 2 is 1.94 bits per heavy atom. The summed E-state index contributed by atoms with van der Waals surface area (Å²) in [5, 5.41) is 28.0. The van der Waals surface area contributed by atoms with Gasteiger partial charge in [0, 0.05) is 23.6 Å². The van der Waals surface area contributed by atoms with Gasteiger partial charge in [-0.1, -0.05) is 18.9 Å². The normalized spacial score (nSPS) is 21.8. The second kappa shape index (κ2) is 9.07. The van der Waals surface area contributed by atoms with Crippen molar-refractivity contribution in [3.63, 3.8) is 0 Å². The van der Waals surface area contributed by atoms with Crippen molar-refractivity contribution in [1.82, 2.24) is 19.7 Å². The van der Waals surface area contributed by atoms with Crippen LogP contribution in [0.5, 0.6) is 0 Å². The SMILES string of the molecule is Cc1cc(Nc2nccc(C(F)F)n2)cc(-c2cnn(C3CCCCC(O)C3O)c2)c1. The lowest BCUT2D eigenvalue weighted by atomic mass is 10.0. The maximum Gasteiger partial charge on any atom is 0.280 e. The first-order valence-electron chi connectivity index (χ1n) is 10.3. The van der Waals surface area contributed by atoms with Crippen LogP contribution in [0.25, 0.3) is 11.1 Å². The van der Waals surface area contributed by atoms with Gasteiger partial charge in [0.15, 0.2) is 0 Å². The summed E-state index contributed by atoms with van der Waals surface area (Å²) < 4.78 is 27.5. The predicted octanol–water partition coefficient (Wildman–Crippen LogP) is 4.17. The molecule has 1 aromatic carbocycles. The van der Waals surface area contributed by atoms with Crippen molar-refractivity contribution in [1.29, 1.82) is 0 Å². The molecule has 0 amide bonds. The Kier molecular flexibility index (Phi) is 6.24. The lowest BCUT2D eigenvalue weighted by Crippen LogP contribution is -2.33. The molecular formula is C22H25F2N5O2. The molecule has 7 nitrogen and oxygen atoms in total. The van der Waals surface area contributed by atoms with Crippen LogP contribution in [0.4, 0.5) is 20.4 Å². The molecule has 0 aliphatic heterocycles. The zero-order valence-electron chi connectivity index (χ0n) is 17.1. The summed E-state index contributed by atoms with van der Waals surface area (Å²) in [4.78, 5) is 7.86. The van der Waals surface area contributed by atoms with Crippen molar-refractivity contribution in [3.05, 3.63) is 54.1 Å². The number of aliphatic hydroxyl groups excluding tert-OH is 2. The van der Waals surface area contributed by atoms with E-state index in [-0.39, 0.29) is 17.7 Å². The summed E-state index contributed by atoms with van der Waals surface area (Å²) in [6.45, 7) is 1.93. The van der Waals surface area contributed by atoms with Crippen molar-refractivity contribution >= 4 is 11.6 Å². The number of aliphatic hydroxyl groups is 2. The van der Waals surface area contributed by atoms with Gasteiger partial charge in [-0.3, -0.25) is 4.68 Å². The molecule has 0 radical (unpaired) electrons. The first kappa shape index (κ1) is 21.3. The summed E-state index contributed by atoms with van der Waals surface area (Å²) >= 11 is 0. The van der Waals surface area contributed by atoms with E-state index < -0.39 is 18.6 Å². The van der Waals surface area contributed by atoms with Gasteiger partial charge >= 0.3 is 0 Å². The summed E-state index contributed by atoms with van der Waals surface area (Å²) in [6.07, 6.45) is 3.74. The van der Waals surface area contributed by atoms with E-state index in [2.05, 4.69) is 20.4 Å². The fourth-order valence-corrected chi connectivity index (χ4v) is 3.97. The number of alkyl halides is 2. The number of aryl methyl sites for hydroxylation is 1. The minimum Gasteiger partial charge on any atom is -0.390 e. The number of hydrogen-bond donors (Lipinski definition) is 3. The minimum absolute atomic E-state index is 0.0978. The number of rotatable bonds is 5. The van der Waals surface area contributed by atoms with Crippen LogP contribution in [0.1, 0.15) is 49.4 Å². The standard InChI is InChI=1S/C22H25F2N5O2/c1-13-8-14(10-16(9-13)27-22-25-7-6-17(28-22)21(23)24)15-11-26-29(12-15)18-4-2-3-5-19(30)20(18)31/h6-12,18-21,30-31H,2-5H2,1H3,(H,25,27,28). The number of hydrogen-bond acceptors (Lipinski definition) is 6. The van der Waals surface area contributed by atoms with E-state index in [1.807, 2.05) is 31.3 Å². The van der Waals surface area contributed by atoms with Crippen LogP contribution < -0.4 is 5.32 Å². The number of nitrogens with zero attached hydrogens (tertiary/aromatic N) is 4. The van der Waals surface area contributed by atoms with Crippen LogP contribution in [-0.2, 0) is 0 Å². The highest BCUT2D eigenvalue weighted by Crippen LogP contribution is 2.31. The molecule has 1 fully saturated rings. The number of halogens is 2. The van der Waals surface area contributed by atoms with E-state index in [9.17, 15) is 19.0 Å². The van der Waals surface area contributed by atoms with Gasteiger partial charge < -0.3 is 15.5 Å². The molecule has 31 heavy (non-hydrogen) atoms. The molecule has 1 saturated carbocycles. The zero-order valence-corrected chi connectivity index (χ0v) is 17.1. The molecule has 9 heteroatoms. The van der Waals surface area contributed by atoms with E-state index in [0.717, 1.165) is 36.0 Å². The molecule has 2 aromatic heterocycles. The summed E-state index contributed by atoms with van der Waals surface area (Å²) in [6, 6.07) is 6.63. The smallest absolute Gasteiger partial charge is 0.280 e. The molecule has 0 saturated heterocycles. The monoisotopic (exact) mass is 429 g/mol. The van der Waals surface area contributed by atoms with Crippen LogP contribution in [0.15, 0.2) is 42.9 Å². The Labute approximate surface area is 178 Å². The number of benzene rings is 1. The molecule has 3 aromatic rings. The molecule has 3 N–H and O–H groups in total. The van der Waals surface area contributed by atoms with Crippen molar-refractivity contribution in [2.24, 2.45) is 0 Å². The molecule has 1 aliphatic rings. The Morgan fingerprint density at radius 3 is 2.74 bits per heavy atom. The fourth-order valence-electron chi connectivity index (χ4n) is 3.97. The van der Waals surface area contributed by atoms with Gasteiger partial charge in [-0.15, -0.1) is 0 Å². The average molecular weight is 429 g/mol. The first-order valence-corrected chi connectivity index (χ1v) is 10.3. The minimum atomic E-state index is -2.67. The second-order valence-electron chi connectivity index (χ2n) is 7.94. The third-order valence-corrected chi connectivity index (χ3v) is 5.55.